The Morgan fingerprint density at radius 1 is 1.19 bits per heavy atom. The number of nitrogens with one attached hydrogen (secondary N) is 1. The van der Waals surface area contributed by atoms with Gasteiger partial charge in [-0.05, 0) is 42.2 Å². The van der Waals surface area contributed by atoms with E-state index in [9.17, 15) is 0 Å². The summed E-state index contributed by atoms with van der Waals surface area (Å²) in [5.41, 5.74) is 1.05. The number of thiocarbonyl (C=S) groups is 1. The van der Waals surface area contributed by atoms with E-state index in [4.69, 9.17) is 17.0 Å². The van der Waals surface area contributed by atoms with Gasteiger partial charge in [0.25, 0.3) is 0 Å². The lowest BCUT2D eigenvalue weighted by Gasteiger charge is -2.29. The lowest BCUT2D eigenvalue weighted by molar-refractivity contribution is 0.0366. The summed E-state index contributed by atoms with van der Waals surface area (Å²) in [5.74, 6) is 0. The van der Waals surface area contributed by atoms with Crippen molar-refractivity contribution in [1.29, 1.82) is 0 Å². The molecule has 2 aliphatic heterocycles. The molecule has 0 unspecified atom stereocenters. The van der Waals surface area contributed by atoms with Crippen LogP contribution < -0.4 is 5.32 Å². The molecule has 138 valence electrons. The van der Waals surface area contributed by atoms with Gasteiger partial charge in [0.1, 0.15) is 0 Å². The van der Waals surface area contributed by atoms with Crippen LogP contribution in [0.15, 0.2) is 41.9 Å². The van der Waals surface area contributed by atoms with Crippen LogP contribution in [0.5, 0.6) is 0 Å². The summed E-state index contributed by atoms with van der Waals surface area (Å²) in [7, 11) is 0. The highest BCUT2D eigenvalue weighted by molar-refractivity contribution is 7.80. The first-order chi connectivity index (χ1) is 12.8. The largest absolute Gasteiger partial charge is 0.379 e. The van der Waals surface area contributed by atoms with Gasteiger partial charge in [0, 0.05) is 37.3 Å². The number of ether oxygens (including phenoxy) is 1. The van der Waals surface area contributed by atoms with E-state index in [0.29, 0.717) is 0 Å². The number of nitrogens with zero attached hydrogens (tertiary/aromatic N) is 3. The number of rotatable bonds is 6. The minimum atomic E-state index is 0.103. The Kier molecular flexibility index (Phi) is 5.79. The minimum Gasteiger partial charge on any atom is -0.379 e. The molecular weight excluding hydrogens is 364 g/mol. The highest BCUT2D eigenvalue weighted by Crippen LogP contribution is 2.40. The molecule has 0 aliphatic carbocycles. The first-order valence-electron chi connectivity index (χ1n) is 9.14. The van der Waals surface area contributed by atoms with Crippen LogP contribution in [0.25, 0.3) is 0 Å². The van der Waals surface area contributed by atoms with E-state index in [1.165, 1.54) is 4.88 Å². The maximum absolute atomic E-state index is 5.70. The zero-order chi connectivity index (χ0) is 17.8. The molecule has 1 N–H and O–H groups in total. The first-order valence-corrected chi connectivity index (χ1v) is 10.4. The fraction of sp³-hybridized carbons (Fsp3) is 0.474. The van der Waals surface area contributed by atoms with Crippen molar-refractivity contribution in [2.24, 2.45) is 0 Å². The number of morpholine rings is 1. The van der Waals surface area contributed by atoms with E-state index in [1.807, 2.05) is 18.3 Å². The third kappa shape index (κ3) is 3.91. The molecule has 2 aromatic heterocycles. The second-order valence-electron chi connectivity index (χ2n) is 6.64. The van der Waals surface area contributed by atoms with Crippen molar-refractivity contribution in [3.63, 3.8) is 0 Å². The van der Waals surface area contributed by atoms with E-state index in [-0.39, 0.29) is 12.1 Å². The molecule has 0 radical (unpaired) electrons. The summed E-state index contributed by atoms with van der Waals surface area (Å²) in [5, 5.41) is 6.49. The molecular formula is C19H24N4OS2. The Morgan fingerprint density at radius 2 is 2.08 bits per heavy atom. The Balaban J connectivity index is 1.48. The maximum atomic E-state index is 5.70. The average molecular weight is 389 g/mol. The molecule has 0 saturated carbocycles. The van der Waals surface area contributed by atoms with Crippen LogP contribution in [0, 0.1) is 0 Å². The summed E-state index contributed by atoms with van der Waals surface area (Å²) in [6, 6.07) is 10.7. The lowest BCUT2D eigenvalue weighted by Crippen LogP contribution is -2.38. The highest BCUT2D eigenvalue weighted by Gasteiger charge is 2.39. The first kappa shape index (κ1) is 17.9. The van der Waals surface area contributed by atoms with Crippen molar-refractivity contribution in [3.05, 3.63) is 52.5 Å². The van der Waals surface area contributed by atoms with Gasteiger partial charge in [-0.2, -0.15) is 0 Å². The zero-order valence-electron chi connectivity index (χ0n) is 14.7. The van der Waals surface area contributed by atoms with Crippen LogP contribution in [0.3, 0.4) is 0 Å². The Bertz CT molecular complexity index is 704. The molecule has 2 aromatic rings. The van der Waals surface area contributed by atoms with Gasteiger partial charge < -0.3 is 15.0 Å². The third-order valence-corrected chi connectivity index (χ3v) is 6.30. The molecule has 2 atom stereocenters. The molecule has 0 amide bonds. The molecule has 0 spiro atoms. The Morgan fingerprint density at radius 3 is 2.81 bits per heavy atom. The SMILES string of the molecule is S=C1N[C@H](c2ccccn2)[C@H](c2cccs2)N1CCCN1CCOCC1. The minimum absolute atomic E-state index is 0.103. The number of pyridine rings is 1. The van der Waals surface area contributed by atoms with Gasteiger partial charge in [-0.25, -0.2) is 0 Å². The van der Waals surface area contributed by atoms with Gasteiger partial charge in [-0.1, -0.05) is 12.1 Å². The summed E-state index contributed by atoms with van der Waals surface area (Å²) in [4.78, 5) is 10.7. The fourth-order valence-corrected chi connectivity index (χ4v) is 4.91. The molecule has 0 aromatic carbocycles. The monoisotopic (exact) mass is 388 g/mol. The summed E-state index contributed by atoms with van der Waals surface area (Å²) < 4.78 is 5.44. The summed E-state index contributed by atoms with van der Waals surface area (Å²) in [6.45, 7) is 5.82. The van der Waals surface area contributed by atoms with E-state index < -0.39 is 0 Å². The zero-order valence-corrected chi connectivity index (χ0v) is 16.3. The average Bonchev–Trinajstić information content (AvgIpc) is 3.32. The van der Waals surface area contributed by atoms with Gasteiger partial charge in [0.05, 0.1) is 31.0 Å². The van der Waals surface area contributed by atoms with Gasteiger partial charge in [-0.15, -0.1) is 11.3 Å². The van der Waals surface area contributed by atoms with E-state index in [2.05, 4.69) is 43.7 Å². The van der Waals surface area contributed by atoms with E-state index in [0.717, 1.165) is 56.6 Å². The Labute approximate surface area is 164 Å². The second-order valence-corrected chi connectivity index (χ2v) is 8.01. The summed E-state index contributed by atoms with van der Waals surface area (Å²) in [6.07, 6.45) is 2.95. The smallest absolute Gasteiger partial charge is 0.170 e. The maximum Gasteiger partial charge on any atom is 0.170 e. The van der Waals surface area contributed by atoms with Crippen molar-refractivity contribution in [2.75, 3.05) is 39.4 Å². The van der Waals surface area contributed by atoms with Crippen LogP contribution in [0.1, 0.15) is 29.1 Å². The Hall–Kier alpha value is -1.54. The van der Waals surface area contributed by atoms with Crippen molar-refractivity contribution in [1.82, 2.24) is 20.1 Å². The normalized spacial score (nSPS) is 24.0. The van der Waals surface area contributed by atoms with E-state index >= 15 is 0 Å². The molecule has 2 fully saturated rings. The molecule has 4 rings (SSSR count). The lowest BCUT2D eigenvalue weighted by atomic mass is 10.0. The van der Waals surface area contributed by atoms with Crippen LogP contribution in [-0.4, -0.2) is 59.3 Å². The molecule has 2 saturated heterocycles. The molecule has 26 heavy (non-hydrogen) atoms. The van der Waals surface area contributed by atoms with Crippen LogP contribution in [0.2, 0.25) is 0 Å². The predicted octanol–water partition coefficient (Wildman–Crippen LogP) is 2.84. The van der Waals surface area contributed by atoms with Gasteiger partial charge >= 0.3 is 0 Å². The number of thiophene rings is 1. The highest BCUT2D eigenvalue weighted by atomic mass is 32.1. The predicted molar refractivity (Wildman–Crippen MR) is 108 cm³/mol. The molecule has 0 bridgehead atoms. The number of hydrogen-bond acceptors (Lipinski definition) is 5. The second kappa shape index (κ2) is 8.43. The fourth-order valence-electron chi connectivity index (χ4n) is 3.70. The van der Waals surface area contributed by atoms with Crippen LogP contribution >= 0.6 is 23.6 Å². The van der Waals surface area contributed by atoms with Crippen LogP contribution in [0.4, 0.5) is 0 Å². The number of aromatic nitrogens is 1. The molecule has 4 heterocycles. The van der Waals surface area contributed by atoms with Gasteiger partial charge in [-0.3, -0.25) is 9.88 Å². The van der Waals surface area contributed by atoms with E-state index in [1.54, 1.807) is 11.3 Å². The third-order valence-electron chi connectivity index (χ3n) is 5.01. The van der Waals surface area contributed by atoms with Gasteiger partial charge in [0.2, 0.25) is 0 Å². The van der Waals surface area contributed by atoms with Gasteiger partial charge in [0.15, 0.2) is 5.11 Å². The van der Waals surface area contributed by atoms with Crippen molar-refractivity contribution in [3.8, 4) is 0 Å². The van der Waals surface area contributed by atoms with Crippen molar-refractivity contribution < 1.29 is 4.74 Å². The number of hydrogen-bond donors (Lipinski definition) is 1. The quantitative estimate of drug-likeness (QED) is 0.768. The van der Waals surface area contributed by atoms with Crippen molar-refractivity contribution >= 4 is 28.7 Å². The molecule has 2 aliphatic rings. The topological polar surface area (TPSA) is 40.6 Å². The standard InChI is InChI=1S/C19H24N4OS2/c25-19-21-17(15-5-1-2-7-20-15)18(16-6-3-14-26-16)23(19)9-4-8-22-10-12-24-13-11-22/h1-3,5-7,14,17-18H,4,8-13H2,(H,21,25)/t17-,18+/m1/s1. The molecule has 7 heteroatoms. The van der Waals surface area contributed by atoms with Crippen LogP contribution in [-0.2, 0) is 4.74 Å². The summed E-state index contributed by atoms with van der Waals surface area (Å²) >= 11 is 7.49. The van der Waals surface area contributed by atoms with Crippen molar-refractivity contribution in [2.45, 2.75) is 18.5 Å². The molecule has 5 nitrogen and oxygen atoms in total.